The van der Waals surface area contributed by atoms with E-state index in [9.17, 15) is 4.79 Å². The van der Waals surface area contributed by atoms with E-state index in [1.165, 1.54) is 0 Å². The Hall–Kier alpha value is -2.54. The van der Waals surface area contributed by atoms with Gasteiger partial charge < -0.3 is 19.9 Å². The summed E-state index contributed by atoms with van der Waals surface area (Å²) in [6, 6.07) is 6.70. The highest BCUT2D eigenvalue weighted by Gasteiger charge is 2.10. The number of nitrogens with zero attached hydrogens (tertiary/aromatic N) is 2. The Balaban J connectivity index is 2.30. The van der Waals surface area contributed by atoms with Gasteiger partial charge in [-0.05, 0) is 24.6 Å². The Morgan fingerprint density at radius 3 is 2.78 bits per heavy atom. The largest absolute Gasteiger partial charge is 0.495 e. The molecule has 7 nitrogen and oxygen atoms in total. The van der Waals surface area contributed by atoms with Crippen LogP contribution in [-0.2, 0) is 11.2 Å². The molecular weight excluding hydrogens is 322 g/mol. The summed E-state index contributed by atoms with van der Waals surface area (Å²) in [6.45, 7) is 1.45. The number of methoxy groups -OCH3 is 1. The molecule has 0 atom stereocenters. The zero-order valence-corrected chi connectivity index (χ0v) is 13.4. The minimum Gasteiger partial charge on any atom is -0.495 e. The molecule has 0 saturated carbocycles. The van der Waals surface area contributed by atoms with Gasteiger partial charge in [-0.3, -0.25) is 0 Å². The van der Waals surface area contributed by atoms with E-state index in [1.807, 2.05) is 6.92 Å². The lowest BCUT2D eigenvalue weighted by atomic mass is 10.3. The topological polar surface area (TPSA) is 93.6 Å². The second-order valence-electron chi connectivity index (χ2n) is 4.53. The van der Waals surface area contributed by atoms with E-state index in [1.54, 1.807) is 31.4 Å². The summed E-state index contributed by atoms with van der Waals surface area (Å²) in [5.41, 5.74) is 1.31. The van der Waals surface area contributed by atoms with Crippen LogP contribution in [0.2, 0.25) is 5.02 Å². The van der Waals surface area contributed by atoms with E-state index in [4.69, 9.17) is 26.2 Å². The average molecular weight is 338 g/mol. The zero-order valence-electron chi connectivity index (χ0n) is 12.7. The molecule has 2 N–H and O–H groups in total. The highest BCUT2D eigenvalue weighted by atomic mass is 35.5. The van der Waals surface area contributed by atoms with Gasteiger partial charge in [-0.2, -0.15) is 4.98 Å². The third-order valence-corrected chi connectivity index (χ3v) is 3.10. The van der Waals surface area contributed by atoms with Gasteiger partial charge in [0.15, 0.2) is 6.61 Å². The minimum atomic E-state index is -1.08. The number of anilines is 2. The molecule has 0 saturated heterocycles. The molecule has 0 aliphatic heterocycles. The number of rotatable bonds is 7. The third-order valence-electron chi connectivity index (χ3n) is 2.87. The number of aliphatic carboxylic acids is 1. The van der Waals surface area contributed by atoms with Crippen LogP contribution in [0, 0.1) is 0 Å². The summed E-state index contributed by atoms with van der Waals surface area (Å²) in [5.74, 6) is -0.0476. The predicted molar refractivity (Wildman–Crippen MR) is 85.8 cm³/mol. The first-order chi connectivity index (χ1) is 11.0. The Morgan fingerprint density at radius 2 is 2.13 bits per heavy atom. The number of carbonyl (C=O) groups is 1. The second kappa shape index (κ2) is 7.64. The fourth-order valence-corrected chi connectivity index (χ4v) is 1.99. The normalized spacial score (nSPS) is 10.2. The first-order valence-electron chi connectivity index (χ1n) is 6.85. The number of halogens is 1. The summed E-state index contributed by atoms with van der Waals surface area (Å²) in [6.07, 6.45) is 0.646. The van der Waals surface area contributed by atoms with Crippen LogP contribution >= 0.6 is 11.6 Å². The lowest BCUT2D eigenvalue weighted by Crippen LogP contribution is -2.11. The quantitative estimate of drug-likeness (QED) is 0.802. The number of carboxylic acids is 1. The Bertz CT molecular complexity index is 709. The molecule has 0 unspecified atom stereocenters. The van der Waals surface area contributed by atoms with Crippen LogP contribution in [0.5, 0.6) is 11.6 Å². The van der Waals surface area contributed by atoms with Crippen LogP contribution in [0.4, 0.5) is 11.6 Å². The van der Waals surface area contributed by atoms with Gasteiger partial charge in [-0.15, -0.1) is 0 Å². The SMILES string of the molecule is CCc1cc(OCC(=O)O)nc(Nc2cc(Cl)ccc2OC)n1. The molecule has 23 heavy (non-hydrogen) atoms. The molecule has 2 rings (SSSR count). The van der Waals surface area contributed by atoms with E-state index >= 15 is 0 Å². The van der Waals surface area contributed by atoms with Gasteiger partial charge in [-0.1, -0.05) is 18.5 Å². The van der Waals surface area contributed by atoms with Crippen molar-refractivity contribution in [2.75, 3.05) is 19.0 Å². The van der Waals surface area contributed by atoms with Crippen LogP contribution < -0.4 is 14.8 Å². The molecule has 1 aromatic heterocycles. The Labute approximate surface area is 138 Å². The van der Waals surface area contributed by atoms with Crippen LogP contribution in [-0.4, -0.2) is 34.8 Å². The summed E-state index contributed by atoms with van der Waals surface area (Å²) < 4.78 is 10.4. The molecule has 0 aliphatic rings. The Kier molecular flexibility index (Phi) is 5.59. The number of benzene rings is 1. The average Bonchev–Trinajstić information content (AvgIpc) is 2.53. The molecule has 2 aromatic rings. The summed E-state index contributed by atoms with van der Waals surface area (Å²) in [4.78, 5) is 19.1. The number of aromatic nitrogens is 2. The maximum absolute atomic E-state index is 10.6. The number of carboxylic acid groups (broad SMARTS) is 1. The fraction of sp³-hybridized carbons (Fsp3) is 0.267. The first kappa shape index (κ1) is 16.8. The monoisotopic (exact) mass is 337 g/mol. The summed E-state index contributed by atoms with van der Waals surface area (Å²) in [7, 11) is 1.54. The molecule has 0 bridgehead atoms. The van der Waals surface area contributed by atoms with Crippen molar-refractivity contribution >= 4 is 29.2 Å². The molecule has 0 fully saturated rings. The lowest BCUT2D eigenvalue weighted by Gasteiger charge is -2.12. The maximum atomic E-state index is 10.6. The van der Waals surface area contributed by atoms with Crippen LogP contribution in [0.25, 0.3) is 0 Å². The second-order valence-corrected chi connectivity index (χ2v) is 4.96. The molecule has 0 radical (unpaired) electrons. The molecular formula is C15H16ClN3O4. The van der Waals surface area contributed by atoms with Gasteiger partial charge in [-0.25, -0.2) is 9.78 Å². The number of ether oxygens (including phenoxy) is 2. The van der Waals surface area contributed by atoms with Crippen molar-refractivity contribution in [2.45, 2.75) is 13.3 Å². The van der Waals surface area contributed by atoms with Gasteiger partial charge in [0.25, 0.3) is 0 Å². The summed E-state index contributed by atoms with van der Waals surface area (Å²) >= 11 is 5.99. The van der Waals surface area contributed by atoms with E-state index in [0.717, 1.165) is 0 Å². The van der Waals surface area contributed by atoms with E-state index in [-0.39, 0.29) is 11.8 Å². The van der Waals surface area contributed by atoms with Crippen LogP contribution in [0.15, 0.2) is 24.3 Å². The fourth-order valence-electron chi connectivity index (χ4n) is 1.82. The van der Waals surface area contributed by atoms with Crippen molar-refractivity contribution in [1.82, 2.24) is 9.97 Å². The predicted octanol–water partition coefficient (Wildman–Crippen LogP) is 2.91. The number of aryl methyl sites for hydroxylation is 1. The highest BCUT2D eigenvalue weighted by Crippen LogP contribution is 2.30. The number of nitrogens with one attached hydrogen (secondary N) is 1. The molecule has 0 spiro atoms. The Morgan fingerprint density at radius 1 is 1.35 bits per heavy atom. The van der Waals surface area contributed by atoms with Crippen molar-refractivity contribution in [3.8, 4) is 11.6 Å². The van der Waals surface area contributed by atoms with Crippen LogP contribution in [0.1, 0.15) is 12.6 Å². The maximum Gasteiger partial charge on any atom is 0.341 e. The van der Waals surface area contributed by atoms with Crippen molar-refractivity contribution in [3.05, 3.63) is 35.0 Å². The smallest absolute Gasteiger partial charge is 0.341 e. The number of hydrogen-bond acceptors (Lipinski definition) is 6. The summed E-state index contributed by atoms with van der Waals surface area (Å²) in [5, 5.41) is 12.2. The van der Waals surface area contributed by atoms with E-state index < -0.39 is 12.6 Å². The molecule has 8 heteroatoms. The number of hydrogen-bond donors (Lipinski definition) is 2. The lowest BCUT2D eigenvalue weighted by molar-refractivity contribution is -0.139. The molecule has 122 valence electrons. The van der Waals surface area contributed by atoms with Crippen LogP contribution in [0.3, 0.4) is 0 Å². The standard InChI is InChI=1S/C15H16ClN3O4/c1-3-10-7-13(23-8-14(20)21)19-15(17-10)18-11-6-9(16)4-5-12(11)22-2/h4-7H,3,8H2,1-2H3,(H,20,21)(H,17,18,19). The molecule has 1 aromatic carbocycles. The van der Waals surface area contributed by atoms with Gasteiger partial charge in [0, 0.05) is 16.8 Å². The molecule has 0 aliphatic carbocycles. The first-order valence-corrected chi connectivity index (χ1v) is 7.22. The van der Waals surface area contributed by atoms with Gasteiger partial charge in [0.2, 0.25) is 11.8 Å². The highest BCUT2D eigenvalue weighted by molar-refractivity contribution is 6.30. The van der Waals surface area contributed by atoms with Crippen molar-refractivity contribution in [3.63, 3.8) is 0 Å². The van der Waals surface area contributed by atoms with Gasteiger partial charge in [0.05, 0.1) is 12.8 Å². The van der Waals surface area contributed by atoms with Gasteiger partial charge in [0.1, 0.15) is 5.75 Å². The van der Waals surface area contributed by atoms with Gasteiger partial charge >= 0.3 is 5.97 Å². The van der Waals surface area contributed by atoms with Crippen molar-refractivity contribution in [2.24, 2.45) is 0 Å². The molecule has 1 heterocycles. The zero-order chi connectivity index (χ0) is 16.8. The van der Waals surface area contributed by atoms with Crippen molar-refractivity contribution in [1.29, 1.82) is 0 Å². The third kappa shape index (κ3) is 4.72. The van der Waals surface area contributed by atoms with E-state index in [2.05, 4.69) is 15.3 Å². The van der Waals surface area contributed by atoms with Crippen molar-refractivity contribution < 1.29 is 19.4 Å². The minimum absolute atomic E-state index is 0.183. The molecule has 0 amide bonds. The van der Waals surface area contributed by atoms with E-state index in [0.29, 0.717) is 28.6 Å².